The molecule has 192 valence electrons. The Balaban J connectivity index is 1.35. The first-order valence-electron chi connectivity index (χ1n) is 11.5. The second-order valence-electron chi connectivity index (χ2n) is 8.14. The number of nitrogens with zero attached hydrogens (tertiary/aromatic N) is 1. The lowest BCUT2D eigenvalue weighted by atomic mass is 10.1. The Bertz CT molecular complexity index is 1260. The molecule has 10 nitrogen and oxygen atoms in total. The van der Waals surface area contributed by atoms with Crippen LogP contribution in [0.4, 0.5) is 16.2 Å². The molecule has 3 N–H and O–H groups in total. The molecule has 1 aliphatic rings. The first-order valence-corrected chi connectivity index (χ1v) is 12.4. The predicted molar refractivity (Wildman–Crippen MR) is 139 cm³/mol. The van der Waals surface area contributed by atoms with Gasteiger partial charge in [0.1, 0.15) is 23.3 Å². The van der Waals surface area contributed by atoms with Crippen molar-refractivity contribution in [3.05, 3.63) is 76.5 Å². The molecule has 1 fully saturated rings. The molecule has 1 saturated heterocycles. The largest absolute Gasteiger partial charge is 0.489 e. The minimum atomic E-state index is -1.01. The number of carbonyl (C=O) groups excluding carboxylic acids is 4. The highest BCUT2D eigenvalue weighted by atomic mass is 32.1. The summed E-state index contributed by atoms with van der Waals surface area (Å²) in [6.07, 6.45) is -0.276. The molecule has 1 atom stereocenters. The van der Waals surface area contributed by atoms with Crippen LogP contribution >= 0.6 is 11.3 Å². The summed E-state index contributed by atoms with van der Waals surface area (Å²) >= 11 is 1.13. The van der Waals surface area contributed by atoms with Crippen molar-refractivity contribution in [2.75, 3.05) is 30.8 Å². The van der Waals surface area contributed by atoms with Crippen molar-refractivity contribution in [2.45, 2.75) is 19.1 Å². The van der Waals surface area contributed by atoms with Gasteiger partial charge in [-0.05, 0) is 41.3 Å². The molecule has 0 radical (unpaired) electrons. The Hall–Kier alpha value is -4.38. The number of rotatable bonds is 8. The number of hydrogen-bond donors (Lipinski definition) is 3. The summed E-state index contributed by atoms with van der Waals surface area (Å²) in [4.78, 5) is 51.7. The number of hydrogen-bond acceptors (Lipinski definition) is 7. The molecule has 3 aromatic rings. The van der Waals surface area contributed by atoms with Crippen LogP contribution < -0.4 is 20.7 Å². The topological polar surface area (TPSA) is 126 Å². The number of ether oxygens (including phenoxy) is 2. The normalized spacial score (nSPS) is 14.9. The lowest BCUT2D eigenvalue weighted by molar-refractivity contribution is -0.130. The van der Waals surface area contributed by atoms with Crippen LogP contribution in [-0.2, 0) is 20.9 Å². The molecule has 37 heavy (non-hydrogen) atoms. The zero-order valence-electron chi connectivity index (χ0n) is 20.1. The number of nitrogens with one attached hydrogen (secondary N) is 3. The van der Waals surface area contributed by atoms with Crippen LogP contribution in [0.25, 0.3) is 0 Å². The monoisotopic (exact) mass is 522 g/mol. The maximum atomic E-state index is 13.0. The summed E-state index contributed by atoms with van der Waals surface area (Å²) in [7, 11) is 1.25. The van der Waals surface area contributed by atoms with Gasteiger partial charge >= 0.3 is 12.0 Å². The van der Waals surface area contributed by atoms with Crippen molar-refractivity contribution in [3.63, 3.8) is 0 Å². The average Bonchev–Trinajstić information content (AvgIpc) is 3.37. The predicted octanol–water partition coefficient (Wildman–Crippen LogP) is 3.47. The fourth-order valence-corrected chi connectivity index (χ4v) is 4.53. The second kappa shape index (κ2) is 12.0. The van der Waals surface area contributed by atoms with E-state index in [9.17, 15) is 19.2 Å². The summed E-state index contributed by atoms with van der Waals surface area (Å²) in [5, 5.41) is 9.74. The minimum Gasteiger partial charge on any atom is -0.489 e. The Labute approximate surface area is 217 Å². The van der Waals surface area contributed by atoms with Gasteiger partial charge in [0.15, 0.2) is 0 Å². The third-order valence-corrected chi connectivity index (χ3v) is 6.53. The van der Waals surface area contributed by atoms with E-state index in [-0.39, 0.29) is 24.4 Å². The molecule has 0 bridgehead atoms. The van der Waals surface area contributed by atoms with Crippen LogP contribution in [0.2, 0.25) is 0 Å². The highest BCUT2D eigenvalue weighted by molar-refractivity contribution is 7.12. The third-order valence-electron chi connectivity index (χ3n) is 5.63. The van der Waals surface area contributed by atoms with Gasteiger partial charge in [-0.2, -0.15) is 0 Å². The van der Waals surface area contributed by atoms with Gasteiger partial charge in [-0.15, -0.1) is 11.3 Å². The molecule has 4 amide bonds. The van der Waals surface area contributed by atoms with Gasteiger partial charge in [0, 0.05) is 18.8 Å². The van der Waals surface area contributed by atoms with Crippen LogP contribution in [0.5, 0.6) is 5.75 Å². The van der Waals surface area contributed by atoms with Crippen LogP contribution in [0, 0.1) is 0 Å². The number of urea groups is 1. The number of benzene rings is 2. The van der Waals surface area contributed by atoms with Crippen LogP contribution in [0.3, 0.4) is 0 Å². The van der Waals surface area contributed by atoms with Crippen molar-refractivity contribution in [1.82, 2.24) is 10.2 Å². The highest BCUT2D eigenvalue weighted by Gasteiger charge is 2.35. The zero-order valence-corrected chi connectivity index (χ0v) is 20.9. The van der Waals surface area contributed by atoms with Gasteiger partial charge in [-0.25, -0.2) is 9.59 Å². The van der Waals surface area contributed by atoms with E-state index in [4.69, 9.17) is 9.47 Å². The number of thiophene rings is 1. The van der Waals surface area contributed by atoms with E-state index in [1.807, 2.05) is 30.3 Å². The fraction of sp³-hybridized carbons (Fsp3) is 0.231. The van der Waals surface area contributed by atoms with E-state index in [0.29, 0.717) is 23.7 Å². The molecular formula is C26H26N4O6S. The van der Waals surface area contributed by atoms with Crippen molar-refractivity contribution < 1.29 is 28.7 Å². The SMILES string of the molecule is COC(=O)c1sccc1NC(=O)C[C@H]1C(=O)NCCN1C(=O)Nc1ccc(OCc2ccccc2)cc1. The summed E-state index contributed by atoms with van der Waals surface area (Å²) in [6.45, 7) is 0.930. The Morgan fingerprint density at radius 1 is 1.05 bits per heavy atom. The van der Waals surface area contributed by atoms with Gasteiger partial charge < -0.3 is 30.3 Å². The lowest BCUT2D eigenvalue weighted by Crippen LogP contribution is -2.59. The molecule has 1 aromatic heterocycles. The summed E-state index contributed by atoms with van der Waals surface area (Å²) in [6, 6.07) is 16.7. The number of carbonyl (C=O) groups is 4. The van der Waals surface area contributed by atoms with Crippen molar-refractivity contribution in [2.24, 2.45) is 0 Å². The molecule has 0 saturated carbocycles. The maximum Gasteiger partial charge on any atom is 0.350 e. The van der Waals surface area contributed by atoms with E-state index in [2.05, 4.69) is 16.0 Å². The molecule has 2 aromatic carbocycles. The molecule has 11 heteroatoms. The van der Waals surface area contributed by atoms with Crippen molar-refractivity contribution >= 4 is 46.5 Å². The number of piperazine rings is 1. The number of esters is 1. The molecule has 2 heterocycles. The first-order chi connectivity index (χ1) is 17.9. The lowest BCUT2D eigenvalue weighted by Gasteiger charge is -2.34. The van der Waals surface area contributed by atoms with Crippen molar-refractivity contribution in [3.8, 4) is 5.75 Å². The summed E-state index contributed by atoms with van der Waals surface area (Å²) in [5.74, 6) is -0.866. The second-order valence-corrected chi connectivity index (χ2v) is 9.05. The minimum absolute atomic E-state index is 0.236. The molecule has 4 rings (SSSR count). The summed E-state index contributed by atoms with van der Waals surface area (Å²) in [5.41, 5.74) is 1.86. The Morgan fingerprint density at radius 3 is 2.54 bits per heavy atom. The Kier molecular flexibility index (Phi) is 8.37. The molecular weight excluding hydrogens is 496 g/mol. The standard InChI is InChI=1S/C26H26N4O6S/c1-35-25(33)23-20(11-14-37-23)29-22(31)15-21-24(32)27-12-13-30(21)26(34)28-18-7-9-19(10-8-18)36-16-17-5-3-2-4-6-17/h2-11,14,21H,12-13,15-16H2,1H3,(H,27,32)(H,28,34)(H,29,31)/t21-/m0/s1. The van der Waals surface area contributed by atoms with E-state index >= 15 is 0 Å². The molecule has 1 aliphatic heterocycles. The van der Waals surface area contributed by atoms with Crippen LogP contribution in [0.1, 0.15) is 21.7 Å². The highest BCUT2D eigenvalue weighted by Crippen LogP contribution is 2.24. The van der Waals surface area contributed by atoms with Gasteiger partial charge in [0.05, 0.1) is 19.2 Å². The Morgan fingerprint density at radius 2 is 1.81 bits per heavy atom. The molecule has 0 spiro atoms. The summed E-state index contributed by atoms with van der Waals surface area (Å²) < 4.78 is 10.5. The van der Waals surface area contributed by atoms with E-state index in [1.54, 1.807) is 35.7 Å². The zero-order chi connectivity index (χ0) is 26.2. The van der Waals surface area contributed by atoms with E-state index in [0.717, 1.165) is 16.9 Å². The van der Waals surface area contributed by atoms with Gasteiger partial charge in [-0.1, -0.05) is 30.3 Å². The third kappa shape index (κ3) is 6.64. The van der Waals surface area contributed by atoms with Gasteiger partial charge in [0.25, 0.3) is 0 Å². The van der Waals surface area contributed by atoms with Crippen LogP contribution in [-0.4, -0.2) is 55.0 Å². The first kappa shape index (κ1) is 25.7. The van der Waals surface area contributed by atoms with E-state index in [1.165, 1.54) is 12.0 Å². The number of anilines is 2. The smallest absolute Gasteiger partial charge is 0.350 e. The van der Waals surface area contributed by atoms with Gasteiger partial charge in [0.2, 0.25) is 11.8 Å². The quantitative estimate of drug-likeness (QED) is 0.389. The number of methoxy groups -OCH3 is 1. The van der Waals surface area contributed by atoms with Crippen molar-refractivity contribution in [1.29, 1.82) is 0 Å². The van der Waals surface area contributed by atoms with Crippen LogP contribution in [0.15, 0.2) is 66.0 Å². The van der Waals surface area contributed by atoms with E-state index < -0.39 is 29.9 Å². The number of amides is 4. The molecule has 0 unspecified atom stereocenters. The fourth-order valence-electron chi connectivity index (χ4n) is 3.77. The molecule has 0 aliphatic carbocycles. The maximum absolute atomic E-state index is 13.0. The average molecular weight is 523 g/mol. The van der Waals surface area contributed by atoms with Gasteiger partial charge in [-0.3, -0.25) is 9.59 Å².